The van der Waals surface area contributed by atoms with Gasteiger partial charge in [-0.25, -0.2) is 0 Å². The minimum Gasteiger partial charge on any atom is -0.466 e. The standard InChI is InChI=1S/C11H18O6/c1-2-5-16-10(12)3-4-11(13)17-9-6-14-8-15-7-9/h9H,2-8H2,1H3. The van der Waals surface area contributed by atoms with E-state index in [9.17, 15) is 9.59 Å². The summed E-state index contributed by atoms with van der Waals surface area (Å²) in [6.45, 7) is 3.21. The molecule has 98 valence electrons. The van der Waals surface area contributed by atoms with Crippen LogP contribution in [0.5, 0.6) is 0 Å². The third-order valence-corrected chi connectivity index (χ3v) is 2.07. The first kappa shape index (κ1) is 13.9. The van der Waals surface area contributed by atoms with Crippen molar-refractivity contribution in [1.82, 2.24) is 0 Å². The van der Waals surface area contributed by atoms with Crippen molar-refractivity contribution >= 4 is 11.9 Å². The van der Waals surface area contributed by atoms with Gasteiger partial charge in [0.15, 0.2) is 0 Å². The molecule has 0 N–H and O–H groups in total. The van der Waals surface area contributed by atoms with Crippen molar-refractivity contribution in [3.8, 4) is 0 Å². The molecule has 0 spiro atoms. The zero-order chi connectivity index (χ0) is 12.5. The number of rotatable bonds is 6. The Hall–Kier alpha value is -1.14. The van der Waals surface area contributed by atoms with E-state index >= 15 is 0 Å². The third kappa shape index (κ3) is 6.23. The van der Waals surface area contributed by atoms with Gasteiger partial charge in [0.05, 0.1) is 32.7 Å². The van der Waals surface area contributed by atoms with Crippen LogP contribution in [0.1, 0.15) is 26.2 Å². The molecule has 0 bridgehead atoms. The lowest BCUT2D eigenvalue weighted by Gasteiger charge is -2.22. The maximum atomic E-state index is 11.3. The molecule has 6 heteroatoms. The molecule has 1 fully saturated rings. The minimum absolute atomic E-state index is 0.0268. The summed E-state index contributed by atoms with van der Waals surface area (Å²) in [6.07, 6.45) is 0.474. The van der Waals surface area contributed by atoms with Crippen molar-refractivity contribution < 1.29 is 28.5 Å². The molecule has 0 radical (unpaired) electrons. The summed E-state index contributed by atoms with van der Waals surface area (Å²) in [5, 5.41) is 0. The molecule has 0 aliphatic carbocycles. The maximum Gasteiger partial charge on any atom is 0.306 e. The van der Waals surface area contributed by atoms with Crippen LogP contribution in [-0.2, 0) is 28.5 Å². The topological polar surface area (TPSA) is 71.1 Å². The summed E-state index contributed by atoms with van der Waals surface area (Å²) in [7, 11) is 0. The average Bonchev–Trinajstić information content (AvgIpc) is 2.35. The lowest BCUT2D eigenvalue weighted by molar-refractivity contribution is -0.183. The SMILES string of the molecule is CCCOC(=O)CCC(=O)OC1COCOC1. The van der Waals surface area contributed by atoms with Gasteiger partial charge in [0.2, 0.25) is 0 Å². The molecular formula is C11H18O6. The zero-order valence-electron chi connectivity index (χ0n) is 9.98. The number of hydrogen-bond acceptors (Lipinski definition) is 6. The molecular weight excluding hydrogens is 228 g/mol. The smallest absolute Gasteiger partial charge is 0.306 e. The second kappa shape index (κ2) is 8.03. The Bertz CT molecular complexity index is 246. The Morgan fingerprint density at radius 2 is 1.82 bits per heavy atom. The number of hydrogen-bond donors (Lipinski definition) is 0. The largest absolute Gasteiger partial charge is 0.466 e. The van der Waals surface area contributed by atoms with E-state index in [2.05, 4.69) is 0 Å². The predicted molar refractivity (Wildman–Crippen MR) is 57.1 cm³/mol. The number of carbonyl (C=O) groups excluding carboxylic acids is 2. The van der Waals surface area contributed by atoms with E-state index in [0.29, 0.717) is 19.8 Å². The number of carbonyl (C=O) groups is 2. The van der Waals surface area contributed by atoms with Crippen LogP contribution in [0.25, 0.3) is 0 Å². The van der Waals surface area contributed by atoms with Crippen molar-refractivity contribution in [1.29, 1.82) is 0 Å². The Kier molecular flexibility index (Phi) is 6.57. The van der Waals surface area contributed by atoms with Crippen LogP contribution in [-0.4, -0.2) is 44.7 Å². The molecule has 1 rings (SSSR count). The first-order valence-corrected chi connectivity index (χ1v) is 5.73. The van der Waals surface area contributed by atoms with Gasteiger partial charge in [0, 0.05) is 0 Å². The van der Waals surface area contributed by atoms with E-state index in [1.807, 2.05) is 6.92 Å². The summed E-state index contributed by atoms with van der Waals surface area (Å²) in [5.74, 6) is -0.808. The van der Waals surface area contributed by atoms with Crippen molar-refractivity contribution in [3.05, 3.63) is 0 Å². The summed E-state index contributed by atoms with van der Waals surface area (Å²) >= 11 is 0. The highest BCUT2D eigenvalue weighted by molar-refractivity contribution is 5.77. The van der Waals surface area contributed by atoms with Crippen LogP contribution in [0, 0.1) is 0 Å². The van der Waals surface area contributed by atoms with Gasteiger partial charge in [-0.1, -0.05) is 6.92 Å². The Morgan fingerprint density at radius 3 is 2.47 bits per heavy atom. The molecule has 0 unspecified atom stereocenters. The lowest BCUT2D eigenvalue weighted by atomic mass is 10.3. The normalized spacial score (nSPS) is 16.5. The summed E-state index contributed by atoms with van der Waals surface area (Å²) in [4.78, 5) is 22.5. The molecule has 1 aliphatic heterocycles. The van der Waals surface area contributed by atoms with E-state index in [0.717, 1.165) is 6.42 Å². The Morgan fingerprint density at radius 1 is 1.18 bits per heavy atom. The maximum absolute atomic E-state index is 11.3. The summed E-state index contributed by atoms with van der Waals surface area (Å²) in [5.41, 5.74) is 0. The van der Waals surface area contributed by atoms with Crippen LogP contribution >= 0.6 is 0 Å². The van der Waals surface area contributed by atoms with Gasteiger partial charge in [0.1, 0.15) is 12.9 Å². The second-order valence-corrected chi connectivity index (χ2v) is 3.69. The summed E-state index contributed by atoms with van der Waals surface area (Å²) < 4.78 is 19.8. The van der Waals surface area contributed by atoms with Gasteiger partial charge in [-0.2, -0.15) is 0 Å². The van der Waals surface area contributed by atoms with Crippen LogP contribution in [0.2, 0.25) is 0 Å². The van der Waals surface area contributed by atoms with Gasteiger partial charge in [-0.05, 0) is 6.42 Å². The molecule has 6 nitrogen and oxygen atoms in total. The molecule has 17 heavy (non-hydrogen) atoms. The third-order valence-electron chi connectivity index (χ3n) is 2.07. The van der Waals surface area contributed by atoms with Gasteiger partial charge in [-0.15, -0.1) is 0 Å². The van der Waals surface area contributed by atoms with E-state index in [-0.39, 0.29) is 31.7 Å². The fourth-order valence-electron chi connectivity index (χ4n) is 1.27. The quantitative estimate of drug-likeness (QED) is 0.640. The molecule has 0 aromatic heterocycles. The molecule has 0 amide bonds. The fourth-order valence-corrected chi connectivity index (χ4v) is 1.27. The Labute approximate surface area is 100 Å². The first-order chi connectivity index (χ1) is 8.22. The molecule has 1 saturated heterocycles. The van der Waals surface area contributed by atoms with Crippen LogP contribution in [0.4, 0.5) is 0 Å². The zero-order valence-corrected chi connectivity index (χ0v) is 9.98. The lowest BCUT2D eigenvalue weighted by Crippen LogP contribution is -2.33. The van der Waals surface area contributed by atoms with Crippen LogP contribution in [0.15, 0.2) is 0 Å². The first-order valence-electron chi connectivity index (χ1n) is 5.73. The average molecular weight is 246 g/mol. The summed E-state index contributed by atoms with van der Waals surface area (Å²) in [6, 6.07) is 0. The molecule has 0 aromatic carbocycles. The van der Waals surface area contributed by atoms with Gasteiger partial charge >= 0.3 is 11.9 Å². The van der Waals surface area contributed by atoms with E-state index < -0.39 is 5.97 Å². The second-order valence-electron chi connectivity index (χ2n) is 3.69. The fraction of sp³-hybridized carbons (Fsp3) is 0.818. The highest BCUT2D eigenvalue weighted by Crippen LogP contribution is 2.05. The predicted octanol–water partition coefficient (Wildman–Crippen LogP) is 0.636. The molecule has 0 atom stereocenters. The monoisotopic (exact) mass is 246 g/mol. The molecule has 1 heterocycles. The van der Waals surface area contributed by atoms with E-state index in [1.165, 1.54) is 0 Å². The van der Waals surface area contributed by atoms with Gasteiger partial charge in [-0.3, -0.25) is 9.59 Å². The van der Waals surface area contributed by atoms with Crippen LogP contribution in [0.3, 0.4) is 0 Å². The molecule has 0 saturated carbocycles. The molecule has 0 aromatic rings. The van der Waals surface area contributed by atoms with Crippen molar-refractivity contribution in [2.24, 2.45) is 0 Å². The highest BCUT2D eigenvalue weighted by atomic mass is 16.7. The van der Waals surface area contributed by atoms with Crippen molar-refractivity contribution in [2.75, 3.05) is 26.6 Å². The van der Waals surface area contributed by atoms with Gasteiger partial charge in [0.25, 0.3) is 0 Å². The highest BCUT2D eigenvalue weighted by Gasteiger charge is 2.19. The minimum atomic E-state index is -0.433. The van der Waals surface area contributed by atoms with Crippen LogP contribution < -0.4 is 0 Å². The number of esters is 2. The number of ether oxygens (including phenoxy) is 4. The van der Waals surface area contributed by atoms with Crippen molar-refractivity contribution in [2.45, 2.75) is 32.3 Å². The van der Waals surface area contributed by atoms with E-state index in [1.54, 1.807) is 0 Å². The van der Waals surface area contributed by atoms with Gasteiger partial charge < -0.3 is 18.9 Å². The van der Waals surface area contributed by atoms with Crippen molar-refractivity contribution in [3.63, 3.8) is 0 Å². The Balaban J connectivity index is 2.09. The molecule has 1 aliphatic rings. The van der Waals surface area contributed by atoms with E-state index in [4.69, 9.17) is 18.9 Å².